The van der Waals surface area contributed by atoms with Gasteiger partial charge in [0, 0.05) is 17.5 Å². The number of aromatic nitrogens is 2. The molecule has 0 fully saturated rings. The number of hydrogen-bond acceptors (Lipinski definition) is 4. The summed E-state index contributed by atoms with van der Waals surface area (Å²) in [5, 5.41) is 4.14. The Hall–Kier alpha value is -1.76. The minimum absolute atomic E-state index is 0.0442. The second-order valence-electron chi connectivity index (χ2n) is 4.50. The molecule has 0 saturated carbocycles. The van der Waals surface area contributed by atoms with Crippen molar-refractivity contribution in [3.63, 3.8) is 0 Å². The van der Waals surface area contributed by atoms with Crippen molar-refractivity contribution in [3.8, 4) is 0 Å². The van der Waals surface area contributed by atoms with Gasteiger partial charge in [-0.15, -0.1) is 0 Å². The molecule has 1 rings (SSSR count). The summed E-state index contributed by atoms with van der Waals surface area (Å²) in [6.45, 7) is 4.15. The first-order valence-corrected chi connectivity index (χ1v) is 7.12. The van der Waals surface area contributed by atoms with Crippen LogP contribution in [0.2, 0.25) is 0 Å². The first-order chi connectivity index (χ1) is 9.55. The lowest BCUT2D eigenvalue weighted by molar-refractivity contribution is -0.120. The molecule has 0 radical (unpaired) electrons. The maximum Gasteiger partial charge on any atom is 0.251 e. The van der Waals surface area contributed by atoms with Gasteiger partial charge < -0.3 is 4.98 Å². The molecule has 0 saturated heterocycles. The van der Waals surface area contributed by atoms with Crippen LogP contribution < -0.4 is 11.0 Å². The average molecular weight is 296 g/mol. The molecule has 110 valence electrons. The molecule has 3 N–H and O–H groups in total. The maximum absolute atomic E-state index is 11.8. The molecule has 20 heavy (non-hydrogen) atoms. The van der Waals surface area contributed by atoms with Gasteiger partial charge in [-0.1, -0.05) is 26.7 Å². The first kappa shape index (κ1) is 16.3. The van der Waals surface area contributed by atoms with Crippen LogP contribution in [0.3, 0.4) is 0 Å². The van der Waals surface area contributed by atoms with Crippen molar-refractivity contribution in [2.45, 2.75) is 46.0 Å². The number of carbonyl (C=O) groups is 1. The van der Waals surface area contributed by atoms with Crippen LogP contribution in [0.4, 0.5) is 0 Å². The van der Waals surface area contributed by atoms with E-state index in [9.17, 15) is 9.59 Å². The zero-order chi connectivity index (χ0) is 15.0. The van der Waals surface area contributed by atoms with E-state index in [1.54, 1.807) is 0 Å². The van der Waals surface area contributed by atoms with Crippen LogP contribution in [0.1, 0.15) is 45.2 Å². The summed E-state index contributed by atoms with van der Waals surface area (Å²) in [5.74, 6) is -0.272. The lowest BCUT2D eigenvalue weighted by Crippen LogP contribution is -2.23. The van der Waals surface area contributed by atoms with Crippen LogP contribution in [0.25, 0.3) is 0 Å². The Bertz CT molecular complexity index is 552. The van der Waals surface area contributed by atoms with Crippen molar-refractivity contribution in [3.05, 3.63) is 26.9 Å². The molecule has 0 aliphatic carbocycles. The summed E-state index contributed by atoms with van der Waals surface area (Å²) >= 11 is 4.84. The van der Waals surface area contributed by atoms with E-state index < -0.39 is 0 Å². The first-order valence-electron chi connectivity index (χ1n) is 6.72. The second-order valence-corrected chi connectivity index (χ2v) is 4.91. The van der Waals surface area contributed by atoms with Gasteiger partial charge in [0.05, 0.1) is 6.42 Å². The monoisotopic (exact) mass is 296 g/mol. The third-order valence-electron chi connectivity index (χ3n) is 2.58. The highest BCUT2D eigenvalue weighted by Gasteiger charge is 2.05. The fourth-order valence-corrected chi connectivity index (χ4v) is 2.01. The topological polar surface area (TPSA) is 90.1 Å². The summed E-state index contributed by atoms with van der Waals surface area (Å²) in [5.41, 5.74) is 3.66. The standard InChI is InChI=1S/C13H20N4O2S/c1-3-5-9(6-4-2)16-17-12(19)8-10-7-11(18)15-13(20)14-10/h7H,3-6,8H2,1-2H3,(H,17,19)(H2,14,15,18,20). The van der Waals surface area contributed by atoms with Crippen LogP contribution >= 0.6 is 12.2 Å². The fraction of sp³-hybridized carbons (Fsp3) is 0.538. The van der Waals surface area contributed by atoms with Gasteiger partial charge >= 0.3 is 0 Å². The van der Waals surface area contributed by atoms with Crippen molar-refractivity contribution in [2.24, 2.45) is 5.10 Å². The molecule has 0 bridgehead atoms. The van der Waals surface area contributed by atoms with Gasteiger partial charge in [-0.2, -0.15) is 5.10 Å². The Kier molecular flexibility index (Phi) is 6.86. The minimum Gasteiger partial charge on any atom is -0.335 e. The number of aromatic amines is 2. The molecule has 1 heterocycles. The van der Waals surface area contributed by atoms with E-state index in [0.717, 1.165) is 31.4 Å². The molecular weight excluding hydrogens is 276 g/mol. The van der Waals surface area contributed by atoms with Crippen molar-refractivity contribution < 1.29 is 4.79 Å². The van der Waals surface area contributed by atoms with Crippen molar-refractivity contribution in [1.29, 1.82) is 0 Å². The van der Waals surface area contributed by atoms with Crippen molar-refractivity contribution in [2.75, 3.05) is 0 Å². The predicted molar refractivity (Wildman–Crippen MR) is 81.3 cm³/mol. The third kappa shape index (κ3) is 5.92. The summed E-state index contributed by atoms with van der Waals surface area (Å²) in [6.07, 6.45) is 3.79. The number of rotatable bonds is 7. The van der Waals surface area contributed by atoms with E-state index in [4.69, 9.17) is 12.2 Å². The summed E-state index contributed by atoms with van der Waals surface area (Å²) in [7, 11) is 0. The lowest BCUT2D eigenvalue weighted by atomic mass is 10.1. The van der Waals surface area contributed by atoms with E-state index >= 15 is 0 Å². The average Bonchev–Trinajstić information content (AvgIpc) is 2.35. The Labute approximate surface area is 122 Å². The zero-order valence-corrected chi connectivity index (χ0v) is 12.6. The quantitative estimate of drug-likeness (QED) is 0.408. The number of H-pyrrole nitrogens is 2. The van der Waals surface area contributed by atoms with Gasteiger partial charge in [0.25, 0.3) is 5.56 Å². The van der Waals surface area contributed by atoms with E-state index in [2.05, 4.69) is 34.3 Å². The lowest BCUT2D eigenvalue weighted by Gasteiger charge is -2.05. The van der Waals surface area contributed by atoms with Crippen LogP contribution in [-0.2, 0) is 11.2 Å². The van der Waals surface area contributed by atoms with Crippen molar-refractivity contribution >= 4 is 23.8 Å². The molecule has 7 heteroatoms. The molecule has 1 aromatic rings. The predicted octanol–water partition coefficient (Wildman–Crippen LogP) is 2.05. The number of amides is 1. The fourth-order valence-electron chi connectivity index (χ4n) is 1.78. The Morgan fingerprint density at radius 3 is 2.50 bits per heavy atom. The van der Waals surface area contributed by atoms with E-state index in [0.29, 0.717) is 5.69 Å². The summed E-state index contributed by atoms with van der Waals surface area (Å²) in [6, 6.07) is 1.32. The smallest absolute Gasteiger partial charge is 0.251 e. The largest absolute Gasteiger partial charge is 0.335 e. The summed E-state index contributed by atoms with van der Waals surface area (Å²) in [4.78, 5) is 28.2. The van der Waals surface area contributed by atoms with E-state index in [1.807, 2.05) is 0 Å². The van der Waals surface area contributed by atoms with E-state index in [-0.39, 0.29) is 22.7 Å². The molecule has 0 atom stereocenters. The highest BCUT2D eigenvalue weighted by Crippen LogP contribution is 2.00. The molecule has 0 unspecified atom stereocenters. The third-order valence-corrected chi connectivity index (χ3v) is 2.79. The van der Waals surface area contributed by atoms with Gasteiger partial charge in [-0.05, 0) is 25.1 Å². The SMILES string of the molecule is CCCC(CCC)=NNC(=O)Cc1cc(=O)[nH]c(=S)[nH]1. The molecule has 0 spiro atoms. The van der Waals surface area contributed by atoms with Crippen LogP contribution in [0.5, 0.6) is 0 Å². The van der Waals surface area contributed by atoms with Gasteiger partial charge in [-0.3, -0.25) is 14.6 Å². The Morgan fingerprint density at radius 2 is 1.95 bits per heavy atom. The second kappa shape index (κ2) is 8.42. The minimum atomic E-state index is -0.322. The van der Waals surface area contributed by atoms with Crippen LogP contribution in [0.15, 0.2) is 16.0 Å². The molecular formula is C13H20N4O2S. The molecule has 0 aliphatic rings. The number of hydrazone groups is 1. The van der Waals surface area contributed by atoms with Crippen LogP contribution in [-0.4, -0.2) is 21.6 Å². The number of hydrogen-bond donors (Lipinski definition) is 3. The molecule has 0 aromatic carbocycles. The van der Waals surface area contributed by atoms with Gasteiger partial charge in [0.2, 0.25) is 5.91 Å². The highest BCUT2D eigenvalue weighted by atomic mass is 32.1. The van der Waals surface area contributed by atoms with Gasteiger partial charge in [-0.25, -0.2) is 5.43 Å². The molecule has 1 aromatic heterocycles. The van der Waals surface area contributed by atoms with Gasteiger partial charge in [0.15, 0.2) is 4.77 Å². The Balaban J connectivity index is 2.64. The summed E-state index contributed by atoms with van der Waals surface area (Å²) < 4.78 is 0.210. The van der Waals surface area contributed by atoms with E-state index in [1.165, 1.54) is 6.07 Å². The van der Waals surface area contributed by atoms with Gasteiger partial charge in [0.1, 0.15) is 0 Å². The maximum atomic E-state index is 11.8. The number of nitrogens with zero attached hydrogens (tertiary/aromatic N) is 1. The van der Waals surface area contributed by atoms with Crippen molar-refractivity contribution in [1.82, 2.24) is 15.4 Å². The molecule has 0 aliphatic heterocycles. The highest BCUT2D eigenvalue weighted by molar-refractivity contribution is 7.71. The van der Waals surface area contributed by atoms with Crippen LogP contribution in [0, 0.1) is 4.77 Å². The normalized spacial score (nSPS) is 10.1. The number of carbonyl (C=O) groups excluding carboxylic acids is 1. The number of nitrogens with one attached hydrogen (secondary N) is 3. The Morgan fingerprint density at radius 1 is 1.30 bits per heavy atom. The zero-order valence-electron chi connectivity index (χ0n) is 11.8. The molecule has 6 nitrogen and oxygen atoms in total. The molecule has 1 amide bonds.